The fourth-order valence-corrected chi connectivity index (χ4v) is 3.02. The third kappa shape index (κ3) is 2.36. The standard InChI is InChI=1S/C13H18F3N5/c1-12(2)4-3-5-20(7-12)11-19-10-9(17)18-6-8(21(10)11)13(14,15)16/h6,10H,3-5,7H2,1-2H3,(H2,17,18). The minimum atomic E-state index is -4.46. The third-order valence-electron chi connectivity index (χ3n) is 4.03. The first-order chi connectivity index (χ1) is 9.69. The lowest BCUT2D eigenvalue weighted by atomic mass is 9.84. The van der Waals surface area contributed by atoms with Crippen LogP contribution in [0.2, 0.25) is 0 Å². The van der Waals surface area contributed by atoms with Gasteiger partial charge in [0.2, 0.25) is 5.96 Å². The van der Waals surface area contributed by atoms with Gasteiger partial charge in [0, 0.05) is 13.1 Å². The number of likely N-dealkylation sites (tertiary alicyclic amines) is 1. The van der Waals surface area contributed by atoms with E-state index in [1.165, 1.54) is 0 Å². The van der Waals surface area contributed by atoms with Gasteiger partial charge in [0.1, 0.15) is 11.5 Å². The van der Waals surface area contributed by atoms with Gasteiger partial charge < -0.3 is 10.6 Å². The number of alkyl halides is 3. The van der Waals surface area contributed by atoms with Crippen LogP contribution in [0.4, 0.5) is 13.2 Å². The number of guanidine groups is 1. The average molecular weight is 301 g/mol. The second-order valence-corrected chi connectivity index (χ2v) is 6.43. The summed E-state index contributed by atoms with van der Waals surface area (Å²) >= 11 is 0. The maximum absolute atomic E-state index is 13.1. The van der Waals surface area contributed by atoms with E-state index in [2.05, 4.69) is 23.8 Å². The summed E-state index contributed by atoms with van der Waals surface area (Å²) in [4.78, 5) is 10.9. The van der Waals surface area contributed by atoms with Gasteiger partial charge in [-0.05, 0) is 18.3 Å². The molecule has 1 atom stereocenters. The fraction of sp³-hybridized carbons (Fsp3) is 0.692. The largest absolute Gasteiger partial charge is 0.433 e. The fourth-order valence-electron chi connectivity index (χ4n) is 3.02. The maximum atomic E-state index is 13.1. The summed E-state index contributed by atoms with van der Waals surface area (Å²) in [6.45, 7) is 5.63. The summed E-state index contributed by atoms with van der Waals surface area (Å²) in [5, 5.41) is 0. The van der Waals surface area contributed by atoms with Gasteiger partial charge in [0.05, 0.1) is 6.20 Å². The Morgan fingerprint density at radius 2 is 2.10 bits per heavy atom. The number of halogens is 3. The number of hydrogen-bond acceptors (Lipinski definition) is 5. The van der Waals surface area contributed by atoms with Crippen molar-refractivity contribution in [2.45, 2.75) is 39.0 Å². The summed E-state index contributed by atoms with van der Waals surface area (Å²) < 4.78 is 39.4. The molecule has 1 saturated heterocycles. The van der Waals surface area contributed by atoms with Crippen molar-refractivity contribution in [3.63, 3.8) is 0 Å². The molecule has 2 N–H and O–H groups in total. The number of hydrogen-bond donors (Lipinski definition) is 1. The highest BCUT2D eigenvalue weighted by atomic mass is 19.4. The van der Waals surface area contributed by atoms with Gasteiger partial charge in [-0.25, -0.2) is 9.98 Å². The third-order valence-corrected chi connectivity index (χ3v) is 4.03. The highest BCUT2D eigenvalue weighted by molar-refractivity contribution is 6.00. The van der Waals surface area contributed by atoms with Crippen LogP contribution < -0.4 is 5.73 Å². The molecule has 0 aliphatic carbocycles. The molecule has 1 unspecified atom stereocenters. The number of amidine groups is 1. The predicted molar refractivity (Wildman–Crippen MR) is 73.4 cm³/mol. The molecule has 3 aliphatic rings. The number of fused-ring (bicyclic) bond motifs is 1. The number of nitrogens with two attached hydrogens (primary N) is 1. The molecule has 0 radical (unpaired) electrons. The van der Waals surface area contributed by atoms with Crippen molar-refractivity contribution in [3.05, 3.63) is 11.9 Å². The maximum Gasteiger partial charge on any atom is 0.433 e. The van der Waals surface area contributed by atoms with Gasteiger partial charge in [0.25, 0.3) is 0 Å². The molecule has 5 nitrogen and oxygen atoms in total. The Morgan fingerprint density at radius 3 is 2.71 bits per heavy atom. The molecular weight excluding hydrogens is 283 g/mol. The summed E-state index contributed by atoms with van der Waals surface area (Å²) in [5.74, 6) is 0.456. The summed E-state index contributed by atoms with van der Waals surface area (Å²) in [7, 11) is 0. The van der Waals surface area contributed by atoms with Crippen LogP contribution in [0.5, 0.6) is 0 Å². The van der Waals surface area contributed by atoms with Crippen molar-refractivity contribution in [2.75, 3.05) is 13.1 Å². The van der Waals surface area contributed by atoms with E-state index in [4.69, 9.17) is 5.73 Å². The lowest BCUT2D eigenvalue weighted by molar-refractivity contribution is -0.110. The lowest BCUT2D eigenvalue weighted by Crippen LogP contribution is -2.64. The van der Waals surface area contributed by atoms with Gasteiger partial charge in [0.15, 0.2) is 6.17 Å². The zero-order chi connectivity index (χ0) is 15.4. The molecule has 0 aromatic rings. The minimum Gasteiger partial charge on any atom is -0.384 e. The van der Waals surface area contributed by atoms with Crippen LogP contribution in [0.15, 0.2) is 21.9 Å². The molecule has 0 amide bonds. The molecule has 116 valence electrons. The minimum absolute atomic E-state index is 0.0728. The summed E-state index contributed by atoms with van der Waals surface area (Å²) in [5.41, 5.74) is 4.92. The predicted octanol–water partition coefficient (Wildman–Crippen LogP) is 1.88. The van der Waals surface area contributed by atoms with E-state index in [1.807, 2.05) is 4.90 Å². The Labute approximate surface area is 121 Å². The summed E-state index contributed by atoms with van der Waals surface area (Å²) in [6, 6.07) is 0. The second-order valence-electron chi connectivity index (χ2n) is 6.43. The zero-order valence-electron chi connectivity index (χ0n) is 12.0. The number of nitrogens with zero attached hydrogens (tertiary/aromatic N) is 4. The monoisotopic (exact) mass is 301 g/mol. The molecule has 0 aromatic carbocycles. The van der Waals surface area contributed by atoms with E-state index < -0.39 is 18.0 Å². The lowest BCUT2D eigenvalue weighted by Gasteiger charge is -2.49. The Balaban J connectivity index is 1.88. The van der Waals surface area contributed by atoms with Gasteiger partial charge in [-0.15, -0.1) is 0 Å². The Kier molecular flexibility index (Phi) is 2.97. The van der Waals surface area contributed by atoms with Crippen molar-refractivity contribution >= 4 is 11.8 Å². The average Bonchev–Trinajstić information content (AvgIpc) is 2.29. The quantitative estimate of drug-likeness (QED) is 0.743. The van der Waals surface area contributed by atoms with Crippen LogP contribution in [-0.4, -0.2) is 47.0 Å². The molecular formula is C13H18F3N5. The molecule has 3 rings (SSSR count). The van der Waals surface area contributed by atoms with Gasteiger partial charge in [-0.3, -0.25) is 4.90 Å². The van der Waals surface area contributed by atoms with E-state index in [0.717, 1.165) is 23.9 Å². The van der Waals surface area contributed by atoms with Crippen LogP contribution in [0, 0.1) is 5.41 Å². The summed E-state index contributed by atoms with van der Waals surface area (Å²) in [6.07, 6.45) is -2.48. The molecule has 21 heavy (non-hydrogen) atoms. The van der Waals surface area contributed by atoms with Gasteiger partial charge >= 0.3 is 6.18 Å². The van der Waals surface area contributed by atoms with Crippen molar-refractivity contribution in [1.29, 1.82) is 0 Å². The first kappa shape index (κ1) is 14.2. The Bertz CT molecular complexity index is 547. The van der Waals surface area contributed by atoms with Crippen molar-refractivity contribution in [3.8, 4) is 0 Å². The first-order valence-electron chi connectivity index (χ1n) is 6.92. The van der Waals surface area contributed by atoms with Crippen molar-refractivity contribution < 1.29 is 13.2 Å². The molecule has 3 heterocycles. The molecule has 0 spiro atoms. The number of allylic oxidation sites excluding steroid dienone is 1. The van der Waals surface area contributed by atoms with E-state index in [-0.39, 0.29) is 11.3 Å². The van der Waals surface area contributed by atoms with E-state index >= 15 is 0 Å². The van der Waals surface area contributed by atoms with Crippen molar-refractivity contribution in [2.24, 2.45) is 21.1 Å². The highest BCUT2D eigenvalue weighted by Gasteiger charge is 2.51. The topological polar surface area (TPSA) is 57.2 Å². The van der Waals surface area contributed by atoms with Crippen LogP contribution >= 0.6 is 0 Å². The zero-order valence-corrected chi connectivity index (χ0v) is 12.0. The molecule has 0 bridgehead atoms. The number of rotatable bonds is 0. The second kappa shape index (κ2) is 4.38. The number of aliphatic imine (C=N–C) groups is 2. The Hall–Kier alpha value is -1.73. The SMILES string of the molecule is CC1(C)CCCN(C2=NC3C(N)=NC=C(C(F)(F)F)N23)C1. The Morgan fingerprint density at radius 1 is 1.38 bits per heavy atom. The van der Waals surface area contributed by atoms with Crippen LogP contribution in [-0.2, 0) is 0 Å². The molecule has 1 fully saturated rings. The van der Waals surface area contributed by atoms with Gasteiger partial charge in [-0.1, -0.05) is 13.8 Å². The van der Waals surface area contributed by atoms with Crippen LogP contribution in [0.3, 0.4) is 0 Å². The van der Waals surface area contributed by atoms with Crippen LogP contribution in [0.25, 0.3) is 0 Å². The molecule has 8 heteroatoms. The van der Waals surface area contributed by atoms with Crippen molar-refractivity contribution in [1.82, 2.24) is 9.80 Å². The van der Waals surface area contributed by atoms with Crippen LogP contribution in [0.1, 0.15) is 26.7 Å². The molecule has 0 aromatic heterocycles. The number of piperidine rings is 1. The molecule has 3 aliphatic heterocycles. The van der Waals surface area contributed by atoms with E-state index in [9.17, 15) is 13.2 Å². The molecule has 0 saturated carbocycles. The van der Waals surface area contributed by atoms with Gasteiger partial charge in [-0.2, -0.15) is 13.2 Å². The normalized spacial score (nSPS) is 28.2. The smallest absolute Gasteiger partial charge is 0.384 e. The van der Waals surface area contributed by atoms with E-state index in [1.54, 1.807) is 0 Å². The first-order valence-corrected chi connectivity index (χ1v) is 6.92. The van der Waals surface area contributed by atoms with E-state index in [0.29, 0.717) is 19.0 Å². The highest BCUT2D eigenvalue weighted by Crippen LogP contribution is 2.38.